The lowest BCUT2D eigenvalue weighted by molar-refractivity contribution is -0.132. The molecule has 2 amide bonds. The molecule has 204 valence electrons. The monoisotopic (exact) mass is 534 g/mol. The predicted octanol–water partition coefficient (Wildman–Crippen LogP) is 2.74. The van der Waals surface area contributed by atoms with E-state index < -0.39 is 0 Å². The Bertz CT molecular complexity index is 586. The molecule has 0 spiro atoms. The highest BCUT2D eigenvalue weighted by atomic mass is 35.5. The lowest BCUT2D eigenvalue weighted by Crippen LogP contribution is -2.51. The number of nitrogens with two attached hydrogens (primary N) is 2. The first-order valence-corrected chi connectivity index (χ1v) is 13.6. The maximum absolute atomic E-state index is 12.7. The molecule has 0 aromatic carbocycles. The summed E-state index contributed by atoms with van der Waals surface area (Å²) in [5.41, 5.74) is 18.2. The maximum Gasteiger partial charge on any atom is 0.237 e. The minimum absolute atomic E-state index is 0. The summed E-state index contributed by atoms with van der Waals surface area (Å²) in [6, 6.07) is 0.569. The molecule has 8 nitrogen and oxygen atoms in total. The van der Waals surface area contributed by atoms with Crippen molar-refractivity contribution in [3.05, 3.63) is 0 Å². The lowest BCUT2D eigenvalue weighted by atomic mass is 9.73. The summed E-state index contributed by atoms with van der Waals surface area (Å²) in [6.07, 6.45) is 13.9. The van der Waals surface area contributed by atoms with Crippen LogP contribution in [0, 0.1) is 23.7 Å². The van der Waals surface area contributed by atoms with E-state index in [1.807, 2.05) is 0 Å². The molecule has 4 rings (SSSR count). The zero-order chi connectivity index (χ0) is 23.2. The molecule has 2 aliphatic carbocycles. The van der Waals surface area contributed by atoms with Gasteiger partial charge in [-0.05, 0) is 95.3 Å². The molecule has 0 unspecified atom stereocenters. The molecule has 10 heteroatoms. The quantitative estimate of drug-likeness (QED) is 0.416. The summed E-state index contributed by atoms with van der Waals surface area (Å²) in [5, 5.41) is 4.12. The zero-order valence-electron chi connectivity index (χ0n) is 21.2. The van der Waals surface area contributed by atoms with Gasteiger partial charge >= 0.3 is 0 Å². The first-order chi connectivity index (χ1) is 16.0. The Morgan fingerprint density at radius 1 is 0.571 bits per heavy atom. The van der Waals surface area contributed by atoms with Crippen molar-refractivity contribution in [3.8, 4) is 0 Å². The molecule has 0 bridgehead atoms. The van der Waals surface area contributed by atoms with Crippen LogP contribution in [0.15, 0.2) is 0 Å². The number of nitrogens with zero attached hydrogens (tertiary/aromatic N) is 2. The molecule has 6 N–H and O–H groups in total. The van der Waals surface area contributed by atoms with E-state index in [4.69, 9.17) is 11.5 Å². The third-order valence-electron chi connectivity index (χ3n) is 8.72. The number of piperidine rings is 2. The van der Waals surface area contributed by atoms with Crippen LogP contribution in [0.1, 0.15) is 83.5 Å². The van der Waals surface area contributed by atoms with E-state index in [9.17, 15) is 9.59 Å². The first kappa shape index (κ1) is 30.6. The fourth-order valence-electron chi connectivity index (χ4n) is 6.31. The number of hydrogen-bond acceptors (Lipinski definition) is 6. The second-order valence-electron chi connectivity index (χ2n) is 11.3. The standard InChI is InChI=1S/C25H46N6O2.2ClH/c26-22-9-13-30(14-10-22)28-24(32)20-5-1-18(2-6-20)17-19-3-7-21(8-4-19)25(33)29-31-15-11-23(27)12-16-31;;/h18-23H,1-17,26-27H2,(H,28,32)(H,29,33);2*1H. The Labute approximate surface area is 223 Å². The summed E-state index contributed by atoms with van der Waals surface area (Å²) in [7, 11) is 0. The van der Waals surface area contributed by atoms with Gasteiger partial charge in [-0.3, -0.25) is 20.4 Å². The molecule has 4 aliphatic rings. The third-order valence-corrected chi connectivity index (χ3v) is 8.72. The van der Waals surface area contributed by atoms with Crippen LogP contribution in [-0.2, 0) is 9.59 Å². The highest BCUT2D eigenvalue weighted by Crippen LogP contribution is 2.38. The Morgan fingerprint density at radius 3 is 1.20 bits per heavy atom. The van der Waals surface area contributed by atoms with Gasteiger partial charge in [-0.25, -0.2) is 10.0 Å². The molecule has 2 aliphatic heterocycles. The molecular weight excluding hydrogens is 487 g/mol. The van der Waals surface area contributed by atoms with Crippen molar-refractivity contribution >= 4 is 36.6 Å². The predicted molar refractivity (Wildman–Crippen MR) is 144 cm³/mol. The van der Waals surface area contributed by atoms with Crippen LogP contribution in [0.3, 0.4) is 0 Å². The van der Waals surface area contributed by atoms with E-state index in [-0.39, 0.29) is 60.5 Å². The van der Waals surface area contributed by atoms with E-state index >= 15 is 0 Å². The Kier molecular flexibility index (Phi) is 13.1. The Balaban J connectivity index is 0.00000216. The molecule has 2 saturated carbocycles. The van der Waals surface area contributed by atoms with Crippen molar-refractivity contribution in [3.63, 3.8) is 0 Å². The van der Waals surface area contributed by atoms with Gasteiger partial charge in [-0.2, -0.15) is 0 Å². The molecule has 0 radical (unpaired) electrons. The minimum atomic E-state index is 0. The molecular formula is C25H48Cl2N6O2. The van der Waals surface area contributed by atoms with E-state index in [0.717, 1.165) is 89.4 Å². The highest BCUT2D eigenvalue weighted by molar-refractivity contribution is 5.85. The molecule has 2 heterocycles. The maximum atomic E-state index is 12.7. The third kappa shape index (κ3) is 9.31. The molecule has 0 atom stereocenters. The van der Waals surface area contributed by atoms with Gasteiger partial charge in [-0.1, -0.05) is 0 Å². The highest BCUT2D eigenvalue weighted by Gasteiger charge is 2.32. The number of carbonyl (C=O) groups excluding carboxylic acids is 2. The number of hydrogen-bond donors (Lipinski definition) is 4. The number of rotatable bonds is 6. The first-order valence-electron chi connectivity index (χ1n) is 13.6. The van der Waals surface area contributed by atoms with Crippen LogP contribution in [0.2, 0.25) is 0 Å². The summed E-state index contributed by atoms with van der Waals surface area (Å²) in [6.45, 7) is 3.48. The average Bonchev–Trinajstić information content (AvgIpc) is 2.83. The van der Waals surface area contributed by atoms with Crippen molar-refractivity contribution in [1.82, 2.24) is 20.9 Å². The normalized spacial score (nSPS) is 31.6. The summed E-state index contributed by atoms with van der Waals surface area (Å²) >= 11 is 0. The van der Waals surface area contributed by atoms with Crippen LogP contribution in [-0.4, -0.2) is 60.1 Å². The van der Waals surface area contributed by atoms with Crippen LogP contribution >= 0.6 is 24.8 Å². The SMILES string of the molecule is Cl.Cl.NC1CCN(NC(=O)C2CCC(CC3CCC(C(=O)NN4CCC(N)CC4)CC3)CC2)CC1. The smallest absolute Gasteiger partial charge is 0.237 e. The molecule has 2 saturated heterocycles. The van der Waals surface area contributed by atoms with Gasteiger partial charge in [0.15, 0.2) is 0 Å². The van der Waals surface area contributed by atoms with Gasteiger partial charge in [0, 0.05) is 50.1 Å². The molecule has 35 heavy (non-hydrogen) atoms. The summed E-state index contributed by atoms with van der Waals surface area (Å²) < 4.78 is 0. The summed E-state index contributed by atoms with van der Waals surface area (Å²) in [5.74, 6) is 2.25. The van der Waals surface area contributed by atoms with Crippen LogP contribution in [0.4, 0.5) is 0 Å². The lowest BCUT2D eigenvalue weighted by Gasteiger charge is -2.36. The van der Waals surface area contributed by atoms with E-state index in [2.05, 4.69) is 20.9 Å². The van der Waals surface area contributed by atoms with E-state index in [1.165, 1.54) is 32.1 Å². The van der Waals surface area contributed by atoms with Crippen molar-refractivity contribution < 1.29 is 9.59 Å². The number of halogens is 2. The topological polar surface area (TPSA) is 117 Å². The van der Waals surface area contributed by atoms with E-state index in [0.29, 0.717) is 0 Å². The Morgan fingerprint density at radius 2 is 0.886 bits per heavy atom. The second kappa shape index (κ2) is 14.9. The average molecular weight is 536 g/mol. The molecule has 0 aromatic rings. The fourth-order valence-corrected chi connectivity index (χ4v) is 6.31. The fraction of sp³-hybridized carbons (Fsp3) is 0.920. The van der Waals surface area contributed by atoms with Crippen molar-refractivity contribution in [2.45, 2.75) is 95.6 Å². The molecule has 4 fully saturated rings. The van der Waals surface area contributed by atoms with Gasteiger partial charge in [0.1, 0.15) is 0 Å². The number of hydrazine groups is 2. The number of amides is 2. The van der Waals surface area contributed by atoms with Crippen molar-refractivity contribution in [1.29, 1.82) is 0 Å². The van der Waals surface area contributed by atoms with Crippen LogP contribution in [0.5, 0.6) is 0 Å². The largest absolute Gasteiger partial charge is 0.328 e. The molecule has 0 aromatic heterocycles. The van der Waals surface area contributed by atoms with Crippen LogP contribution in [0.25, 0.3) is 0 Å². The van der Waals surface area contributed by atoms with Gasteiger partial charge in [-0.15, -0.1) is 24.8 Å². The van der Waals surface area contributed by atoms with Gasteiger partial charge in [0.05, 0.1) is 0 Å². The van der Waals surface area contributed by atoms with Crippen molar-refractivity contribution in [2.75, 3.05) is 26.2 Å². The van der Waals surface area contributed by atoms with Crippen LogP contribution < -0.4 is 22.3 Å². The number of carbonyl (C=O) groups is 2. The van der Waals surface area contributed by atoms with Gasteiger partial charge in [0.2, 0.25) is 11.8 Å². The minimum Gasteiger partial charge on any atom is -0.328 e. The summed E-state index contributed by atoms with van der Waals surface area (Å²) in [4.78, 5) is 25.3. The zero-order valence-corrected chi connectivity index (χ0v) is 22.8. The van der Waals surface area contributed by atoms with Gasteiger partial charge < -0.3 is 11.5 Å². The second-order valence-corrected chi connectivity index (χ2v) is 11.3. The van der Waals surface area contributed by atoms with E-state index in [1.54, 1.807) is 0 Å². The van der Waals surface area contributed by atoms with Gasteiger partial charge in [0.25, 0.3) is 0 Å². The number of nitrogens with one attached hydrogen (secondary N) is 2. The van der Waals surface area contributed by atoms with Crippen molar-refractivity contribution in [2.24, 2.45) is 35.1 Å². The Hall–Kier alpha value is -0.640.